The van der Waals surface area contributed by atoms with Gasteiger partial charge in [-0.25, -0.2) is 4.79 Å². The first kappa shape index (κ1) is 13.0. The first-order chi connectivity index (χ1) is 7.50. The number of nitrogens with one attached hydrogen (secondary N) is 1. The Labute approximate surface area is 103 Å². The zero-order chi connectivity index (χ0) is 12.1. The molecule has 0 amide bonds. The molecule has 0 aliphatic heterocycles. The summed E-state index contributed by atoms with van der Waals surface area (Å²) in [6, 6.07) is 1.18. The van der Waals surface area contributed by atoms with Crippen LogP contribution in [0.2, 0.25) is 0 Å². The van der Waals surface area contributed by atoms with Crippen molar-refractivity contribution in [1.29, 1.82) is 0 Å². The summed E-state index contributed by atoms with van der Waals surface area (Å²) >= 11 is 3.32. The minimum absolute atomic E-state index is 0.328. The lowest BCUT2D eigenvalue weighted by atomic mass is 10.0. The summed E-state index contributed by atoms with van der Waals surface area (Å²) in [6.07, 6.45) is 3.85. The lowest BCUT2D eigenvalue weighted by Gasteiger charge is -2.18. The number of carboxylic acids is 1. The fourth-order valence-electron chi connectivity index (χ4n) is 1.37. The summed E-state index contributed by atoms with van der Waals surface area (Å²) in [4.78, 5) is 15.0. The second-order valence-corrected chi connectivity index (χ2v) is 4.87. The van der Waals surface area contributed by atoms with Crippen molar-refractivity contribution >= 4 is 27.6 Å². The van der Waals surface area contributed by atoms with Crippen molar-refractivity contribution in [2.24, 2.45) is 5.92 Å². The molecule has 1 rings (SSSR count). The second kappa shape index (κ2) is 5.84. The maximum atomic E-state index is 11.1. The molecule has 1 atom stereocenters. The van der Waals surface area contributed by atoms with E-state index in [0.717, 1.165) is 10.2 Å². The predicted molar refractivity (Wildman–Crippen MR) is 66.4 cm³/mol. The summed E-state index contributed by atoms with van der Waals surface area (Å²) in [5, 5.41) is 12.1. The number of halogens is 1. The Morgan fingerprint density at radius 1 is 1.62 bits per heavy atom. The van der Waals surface area contributed by atoms with E-state index >= 15 is 0 Å². The highest BCUT2D eigenvalue weighted by atomic mass is 79.9. The van der Waals surface area contributed by atoms with E-state index in [1.807, 2.05) is 13.8 Å². The molecule has 1 unspecified atom stereocenters. The van der Waals surface area contributed by atoms with Crippen LogP contribution >= 0.6 is 15.9 Å². The van der Waals surface area contributed by atoms with E-state index in [0.29, 0.717) is 12.3 Å². The zero-order valence-electron chi connectivity index (χ0n) is 9.27. The molecule has 1 heterocycles. The van der Waals surface area contributed by atoms with Crippen molar-refractivity contribution in [2.75, 3.05) is 5.32 Å². The highest BCUT2D eigenvalue weighted by Gasteiger charge is 2.19. The van der Waals surface area contributed by atoms with E-state index in [-0.39, 0.29) is 0 Å². The Bertz CT molecular complexity index is 369. The largest absolute Gasteiger partial charge is 0.480 e. The van der Waals surface area contributed by atoms with Gasteiger partial charge in [-0.15, -0.1) is 0 Å². The highest BCUT2D eigenvalue weighted by Crippen LogP contribution is 2.22. The molecule has 16 heavy (non-hydrogen) atoms. The van der Waals surface area contributed by atoms with Gasteiger partial charge in [0.15, 0.2) is 0 Å². The predicted octanol–water partition coefficient (Wildman–Crippen LogP) is 2.76. The van der Waals surface area contributed by atoms with Gasteiger partial charge in [-0.3, -0.25) is 4.98 Å². The van der Waals surface area contributed by atoms with Crippen molar-refractivity contribution in [3.63, 3.8) is 0 Å². The molecule has 0 aliphatic carbocycles. The van der Waals surface area contributed by atoms with E-state index in [1.165, 1.54) is 0 Å². The fraction of sp³-hybridized carbons (Fsp3) is 0.455. The smallest absolute Gasteiger partial charge is 0.326 e. The Balaban J connectivity index is 2.76. The number of nitrogens with zero attached hydrogens (tertiary/aromatic N) is 1. The van der Waals surface area contributed by atoms with E-state index in [4.69, 9.17) is 5.11 Å². The maximum Gasteiger partial charge on any atom is 0.326 e. The van der Waals surface area contributed by atoms with Gasteiger partial charge in [0, 0.05) is 12.4 Å². The minimum Gasteiger partial charge on any atom is -0.480 e. The summed E-state index contributed by atoms with van der Waals surface area (Å²) in [5.41, 5.74) is 0.753. The number of carbonyl (C=O) groups is 1. The average molecular weight is 287 g/mol. The molecule has 0 aliphatic rings. The summed E-state index contributed by atoms with van der Waals surface area (Å²) < 4.78 is 0.769. The minimum atomic E-state index is -0.836. The van der Waals surface area contributed by atoms with Crippen molar-refractivity contribution in [3.8, 4) is 0 Å². The maximum absolute atomic E-state index is 11.1. The Morgan fingerprint density at radius 2 is 2.31 bits per heavy atom. The molecule has 1 aromatic heterocycles. The Morgan fingerprint density at radius 3 is 2.81 bits per heavy atom. The molecule has 5 heteroatoms. The van der Waals surface area contributed by atoms with Crippen LogP contribution in [-0.4, -0.2) is 22.1 Å². The number of anilines is 1. The molecule has 0 radical (unpaired) electrons. The lowest BCUT2D eigenvalue weighted by Crippen LogP contribution is -2.30. The Kier molecular flexibility index (Phi) is 4.73. The van der Waals surface area contributed by atoms with Gasteiger partial charge >= 0.3 is 5.97 Å². The number of pyridine rings is 1. The van der Waals surface area contributed by atoms with Crippen molar-refractivity contribution < 1.29 is 9.90 Å². The summed E-state index contributed by atoms with van der Waals surface area (Å²) in [6.45, 7) is 4.00. The number of hydrogen-bond donors (Lipinski definition) is 2. The third-order valence-electron chi connectivity index (χ3n) is 2.11. The monoisotopic (exact) mass is 286 g/mol. The quantitative estimate of drug-likeness (QED) is 0.874. The van der Waals surface area contributed by atoms with E-state index in [1.54, 1.807) is 18.5 Å². The van der Waals surface area contributed by atoms with Gasteiger partial charge in [0.1, 0.15) is 6.04 Å². The summed E-state index contributed by atoms with van der Waals surface area (Å²) in [7, 11) is 0. The molecule has 88 valence electrons. The average Bonchev–Trinajstić information content (AvgIpc) is 2.19. The molecule has 4 nitrogen and oxygen atoms in total. The third kappa shape index (κ3) is 3.81. The van der Waals surface area contributed by atoms with Gasteiger partial charge in [0.25, 0.3) is 0 Å². The lowest BCUT2D eigenvalue weighted by molar-refractivity contribution is -0.138. The SMILES string of the molecule is CC(C)CC(Nc1ccncc1Br)C(=O)O. The molecule has 0 spiro atoms. The number of aliphatic carboxylic acids is 1. The van der Waals surface area contributed by atoms with Gasteiger partial charge in [-0.2, -0.15) is 0 Å². The molecular formula is C11H15BrN2O2. The van der Waals surface area contributed by atoms with Gasteiger partial charge in [-0.05, 0) is 34.3 Å². The number of aromatic nitrogens is 1. The van der Waals surface area contributed by atoms with Gasteiger partial charge in [-0.1, -0.05) is 13.8 Å². The van der Waals surface area contributed by atoms with Crippen LogP contribution in [-0.2, 0) is 4.79 Å². The fourth-order valence-corrected chi connectivity index (χ4v) is 1.74. The van der Waals surface area contributed by atoms with Crippen molar-refractivity contribution in [1.82, 2.24) is 4.98 Å². The molecule has 1 aromatic rings. The van der Waals surface area contributed by atoms with Gasteiger partial charge < -0.3 is 10.4 Å². The molecular weight excluding hydrogens is 272 g/mol. The van der Waals surface area contributed by atoms with Crippen molar-refractivity contribution in [3.05, 3.63) is 22.9 Å². The van der Waals surface area contributed by atoms with E-state index in [2.05, 4.69) is 26.2 Å². The third-order valence-corrected chi connectivity index (χ3v) is 2.74. The highest BCUT2D eigenvalue weighted by molar-refractivity contribution is 9.10. The van der Waals surface area contributed by atoms with Crippen LogP contribution in [0.25, 0.3) is 0 Å². The van der Waals surface area contributed by atoms with Gasteiger partial charge in [0.05, 0.1) is 10.2 Å². The first-order valence-corrected chi connectivity index (χ1v) is 5.89. The number of rotatable bonds is 5. The van der Waals surface area contributed by atoms with Crippen LogP contribution in [0.3, 0.4) is 0 Å². The van der Waals surface area contributed by atoms with Crippen molar-refractivity contribution in [2.45, 2.75) is 26.3 Å². The van der Waals surface area contributed by atoms with Crippen LogP contribution in [0.15, 0.2) is 22.9 Å². The number of hydrogen-bond acceptors (Lipinski definition) is 3. The molecule has 0 bridgehead atoms. The molecule has 0 saturated carbocycles. The van der Waals surface area contributed by atoms with Crippen LogP contribution in [0, 0.1) is 5.92 Å². The number of carboxylic acid groups (broad SMARTS) is 1. The van der Waals surface area contributed by atoms with Crippen LogP contribution in [0.1, 0.15) is 20.3 Å². The molecule has 0 saturated heterocycles. The van der Waals surface area contributed by atoms with E-state index < -0.39 is 12.0 Å². The first-order valence-electron chi connectivity index (χ1n) is 5.09. The standard InChI is InChI=1S/C11H15BrN2O2/c1-7(2)5-10(11(15)16)14-9-3-4-13-6-8(9)12/h3-4,6-7,10H,5H2,1-2H3,(H,13,14)(H,15,16). The second-order valence-electron chi connectivity index (χ2n) is 4.02. The molecule has 0 fully saturated rings. The van der Waals surface area contributed by atoms with Gasteiger partial charge in [0.2, 0.25) is 0 Å². The van der Waals surface area contributed by atoms with Crippen LogP contribution in [0.4, 0.5) is 5.69 Å². The van der Waals surface area contributed by atoms with Crippen LogP contribution in [0.5, 0.6) is 0 Å². The molecule has 0 aromatic carbocycles. The Hall–Kier alpha value is -1.10. The van der Waals surface area contributed by atoms with Crippen LogP contribution < -0.4 is 5.32 Å². The molecule has 2 N–H and O–H groups in total. The topological polar surface area (TPSA) is 62.2 Å². The summed E-state index contributed by atoms with van der Waals surface area (Å²) in [5.74, 6) is -0.508. The van der Waals surface area contributed by atoms with E-state index in [9.17, 15) is 4.79 Å². The normalized spacial score (nSPS) is 12.5. The zero-order valence-corrected chi connectivity index (χ0v) is 10.9.